The second-order valence-corrected chi connectivity index (χ2v) is 6.14. The molecule has 0 aliphatic carbocycles. The summed E-state index contributed by atoms with van der Waals surface area (Å²) < 4.78 is 13.0. The Kier molecular flexibility index (Phi) is 4.88. The lowest BCUT2D eigenvalue weighted by atomic mass is 9.93. The normalized spacial score (nSPS) is 14.3. The van der Waals surface area contributed by atoms with E-state index in [0.717, 1.165) is 12.1 Å². The van der Waals surface area contributed by atoms with Crippen LogP contribution in [-0.4, -0.2) is 24.0 Å². The summed E-state index contributed by atoms with van der Waals surface area (Å²) in [6.07, 6.45) is 0. The number of likely N-dealkylation sites (N-methyl/N-ethyl adjacent to an activating group) is 1. The summed E-state index contributed by atoms with van der Waals surface area (Å²) >= 11 is 0. The Hall–Kier alpha value is -0.930. The van der Waals surface area contributed by atoms with Crippen molar-refractivity contribution in [1.29, 1.82) is 0 Å². The Balaban J connectivity index is 2.92. The Labute approximate surface area is 110 Å². The number of rotatable bonds is 5. The molecule has 0 spiro atoms. The molecule has 2 N–H and O–H groups in total. The summed E-state index contributed by atoms with van der Waals surface area (Å²) in [5.74, 6) is 0.255. The molecule has 0 aliphatic heterocycles. The molecule has 102 valence electrons. The number of nitrogens with zero attached hydrogens (tertiary/aromatic N) is 1. The topological polar surface area (TPSA) is 29.3 Å². The first-order valence-electron chi connectivity index (χ1n) is 6.45. The maximum Gasteiger partial charge on any atom is 0.123 e. The first kappa shape index (κ1) is 15.1. The van der Waals surface area contributed by atoms with Crippen LogP contribution >= 0.6 is 0 Å². The van der Waals surface area contributed by atoms with Crippen LogP contribution in [0.15, 0.2) is 24.3 Å². The Morgan fingerprint density at radius 2 is 1.72 bits per heavy atom. The van der Waals surface area contributed by atoms with Crippen LogP contribution in [0.4, 0.5) is 4.39 Å². The van der Waals surface area contributed by atoms with Gasteiger partial charge in [-0.1, -0.05) is 26.0 Å². The minimum absolute atomic E-state index is 0.192. The van der Waals surface area contributed by atoms with Gasteiger partial charge in [-0.25, -0.2) is 4.39 Å². The first-order valence-corrected chi connectivity index (χ1v) is 6.45. The standard InChI is InChI=1S/C15H25FN2/c1-11(2)14(18(5)10-15(3,4)17)12-6-8-13(16)9-7-12/h6-9,11,14H,10,17H2,1-5H3. The van der Waals surface area contributed by atoms with Crippen LogP contribution in [0.2, 0.25) is 0 Å². The van der Waals surface area contributed by atoms with Crippen LogP contribution in [0.3, 0.4) is 0 Å². The van der Waals surface area contributed by atoms with Gasteiger partial charge in [-0.2, -0.15) is 0 Å². The largest absolute Gasteiger partial charge is 0.324 e. The quantitative estimate of drug-likeness (QED) is 0.872. The van der Waals surface area contributed by atoms with E-state index in [0.29, 0.717) is 5.92 Å². The molecule has 1 atom stereocenters. The van der Waals surface area contributed by atoms with Gasteiger partial charge >= 0.3 is 0 Å². The fourth-order valence-electron chi connectivity index (χ4n) is 2.55. The molecule has 3 heteroatoms. The van der Waals surface area contributed by atoms with E-state index >= 15 is 0 Å². The molecule has 0 fully saturated rings. The molecular weight excluding hydrogens is 227 g/mol. The van der Waals surface area contributed by atoms with Crippen molar-refractivity contribution < 1.29 is 4.39 Å². The molecule has 0 aliphatic rings. The van der Waals surface area contributed by atoms with Crippen molar-refractivity contribution in [2.75, 3.05) is 13.6 Å². The molecule has 1 unspecified atom stereocenters. The summed E-state index contributed by atoms with van der Waals surface area (Å²) in [6.45, 7) is 9.19. The third kappa shape index (κ3) is 4.39. The molecule has 0 radical (unpaired) electrons. The molecular formula is C15H25FN2. The summed E-state index contributed by atoms with van der Waals surface area (Å²) in [7, 11) is 2.07. The van der Waals surface area contributed by atoms with E-state index in [4.69, 9.17) is 5.73 Å². The van der Waals surface area contributed by atoms with Crippen molar-refractivity contribution in [2.24, 2.45) is 11.7 Å². The number of benzene rings is 1. The average Bonchev–Trinajstić information content (AvgIpc) is 2.18. The van der Waals surface area contributed by atoms with Crippen LogP contribution in [0.25, 0.3) is 0 Å². The van der Waals surface area contributed by atoms with Crippen LogP contribution < -0.4 is 5.73 Å². The molecule has 0 amide bonds. The van der Waals surface area contributed by atoms with E-state index in [2.05, 4.69) is 25.8 Å². The van der Waals surface area contributed by atoms with E-state index < -0.39 is 0 Å². The lowest BCUT2D eigenvalue weighted by molar-refractivity contribution is 0.163. The van der Waals surface area contributed by atoms with Crippen molar-refractivity contribution in [1.82, 2.24) is 4.90 Å². The zero-order chi connectivity index (χ0) is 13.9. The summed E-state index contributed by atoms with van der Waals surface area (Å²) in [5, 5.41) is 0. The molecule has 1 rings (SSSR count). The van der Waals surface area contributed by atoms with Gasteiger partial charge in [-0.3, -0.25) is 4.90 Å². The van der Waals surface area contributed by atoms with E-state index in [1.54, 1.807) is 0 Å². The van der Waals surface area contributed by atoms with Gasteiger partial charge < -0.3 is 5.73 Å². The van der Waals surface area contributed by atoms with Crippen LogP contribution in [0.5, 0.6) is 0 Å². The Morgan fingerprint density at radius 1 is 1.22 bits per heavy atom. The fourth-order valence-corrected chi connectivity index (χ4v) is 2.55. The second kappa shape index (κ2) is 5.81. The lowest BCUT2D eigenvalue weighted by Gasteiger charge is -2.36. The van der Waals surface area contributed by atoms with Gasteiger partial charge in [-0.15, -0.1) is 0 Å². The van der Waals surface area contributed by atoms with Crippen molar-refractivity contribution in [3.05, 3.63) is 35.6 Å². The minimum atomic E-state index is -0.234. The summed E-state index contributed by atoms with van der Waals surface area (Å²) in [5.41, 5.74) is 6.98. The third-order valence-corrected chi connectivity index (χ3v) is 2.97. The lowest BCUT2D eigenvalue weighted by Crippen LogP contribution is -2.45. The highest BCUT2D eigenvalue weighted by molar-refractivity contribution is 5.20. The zero-order valence-corrected chi connectivity index (χ0v) is 12.1. The zero-order valence-electron chi connectivity index (χ0n) is 12.1. The van der Waals surface area contributed by atoms with Crippen molar-refractivity contribution in [2.45, 2.75) is 39.3 Å². The van der Waals surface area contributed by atoms with Gasteiger partial charge in [0.2, 0.25) is 0 Å². The van der Waals surface area contributed by atoms with Crippen LogP contribution in [0, 0.1) is 11.7 Å². The van der Waals surface area contributed by atoms with E-state index in [9.17, 15) is 4.39 Å². The van der Waals surface area contributed by atoms with Gasteiger partial charge in [-0.05, 0) is 44.5 Å². The maximum absolute atomic E-state index is 13.0. The Bertz CT molecular complexity index is 365. The SMILES string of the molecule is CC(C)C(c1ccc(F)cc1)N(C)CC(C)(C)N. The Morgan fingerprint density at radius 3 is 2.11 bits per heavy atom. The molecule has 1 aromatic rings. The summed E-state index contributed by atoms with van der Waals surface area (Å²) in [4.78, 5) is 2.25. The molecule has 0 saturated carbocycles. The van der Waals surface area contributed by atoms with Crippen molar-refractivity contribution >= 4 is 0 Å². The molecule has 2 nitrogen and oxygen atoms in total. The molecule has 18 heavy (non-hydrogen) atoms. The minimum Gasteiger partial charge on any atom is -0.324 e. The van der Waals surface area contributed by atoms with E-state index in [1.807, 2.05) is 26.0 Å². The number of hydrogen-bond donors (Lipinski definition) is 1. The van der Waals surface area contributed by atoms with Gasteiger partial charge in [0, 0.05) is 18.1 Å². The summed E-state index contributed by atoms with van der Waals surface area (Å²) in [6, 6.07) is 7.02. The molecule has 1 aromatic carbocycles. The second-order valence-electron chi connectivity index (χ2n) is 6.14. The number of nitrogens with two attached hydrogens (primary N) is 1. The van der Waals surface area contributed by atoms with Gasteiger partial charge in [0.25, 0.3) is 0 Å². The fraction of sp³-hybridized carbons (Fsp3) is 0.600. The highest BCUT2D eigenvalue weighted by Gasteiger charge is 2.24. The molecule has 0 aromatic heterocycles. The average molecular weight is 252 g/mol. The number of halogens is 1. The molecule has 0 bridgehead atoms. The van der Waals surface area contributed by atoms with E-state index in [-0.39, 0.29) is 17.4 Å². The highest BCUT2D eigenvalue weighted by Crippen LogP contribution is 2.28. The molecule has 0 saturated heterocycles. The van der Waals surface area contributed by atoms with Crippen molar-refractivity contribution in [3.63, 3.8) is 0 Å². The van der Waals surface area contributed by atoms with Crippen LogP contribution in [0.1, 0.15) is 39.3 Å². The monoisotopic (exact) mass is 252 g/mol. The van der Waals surface area contributed by atoms with Crippen LogP contribution in [-0.2, 0) is 0 Å². The predicted octanol–water partition coefficient (Wildman–Crippen LogP) is 3.19. The first-order chi connectivity index (χ1) is 8.20. The molecule has 0 heterocycles. The van der Waals surface area contributed by atoms with Gasteiger partial charge in [0.1, 0.15) is 5.82 Å². The predicted molar refractivity (Wildman–Crippen MR) is 74.9 cm³/mol. The van der Waals surface area contributed by atoms with E-state index in [1.165, 1.54) is 12.1 Å². The van der Waals surface area contributed by atoms with Gasteiger partial charge in [0.15, 0.2) is 0 Å². The highest BCUT2D eigenvalue weighted by atomic mass is 19.1. The number of hydrogen-bond acceptors (Lipinski definition) is 2. The maximum atomic E-state index is 13.0. The third-order valence-electron chi connectivity index (χ3n) is 2.97. The smallest absolute Gasteiger partial charge is 0.123 e. The van der Waals surface area contributed by atoms with Gasteiger partial charge in [0.05, 0.1) is 0 Å². The van der Waals surface area contributed by atoms with Crippen molar-refractivity contribution in [3.8, 4) is 0 Å².